The number of hydrogen-bond donors (Lipinski definition) is 1. The summed E-state index contributed by atoms with van der Waals surface area (Å²) in [5, 5.41) is 12.6. The van der Waals surface area contributed by atoms with Crippen molar-refractivity contribution in [1.82, 2.24) is 4.90 Å². The summed E-state index contributed by atoms with van der Waals surface area (Å²) >= 11 is 11.9. The van der Waals surface area contributed by atoms with Crippen LogP contribution in [0.15, 0.2) is 42.5 Å². The van der Waals surface area contributed by atoms with Crippen LogP contribution in [-0.4, -0.2) is 37.1 Å². The summed E-state index contributed by atoms with van der Waals surface area (Å²) in [5.41, 5.74) is 2.28. The highest BCUT2D eigenvalue weighted by atomic mass is 35.5. The molecule has 0 aromatic heterocycles. The molecule has 1 aliphatic rings. The summed E-state index contributed by atoms with van der Waals surface area (Å²) < 4.78 is 0. The van der Waals surface area contributed by atoms with Gasteiger partial charge in [-0.2, -0.15) is 5.26 Å². The van der Waals surface area contributed by atoms with Gasteiger partial charge in [0.15, 0.2) is 0 Å². The number of nitrogens with one attached hydrogen (secondary N) is 1. The van der Waals surface area contributed by atoms with Gasteiger partial charge in [-0.1, -0.05) is 23.2 Å². The number of anilines is 2. The number of benzene rings is 2. The van der Waals surface area contributed by atoms with Gasteiger partial charge in [0.2, 0.25) is 0 Å². The monoisotopic (exact) mass is 374 g/mol. The molecule has 5 nitrogen and oxygen atoms in total. The third kappa shape index (κ3) is 4.36. The van der Waals surface area contributed by atoms with Crippen molar-refractivity contribution in [2.75, 3.05) is 36.4 Å². The van der Waals surface area contributed by atoms with Gasteiger partial charge in [0.25, 0.3) is 0 Å². The molecule has 3 rings (SSSR count). The highest BCUT2D eigenvalue weighted by Crippen LogP contribution is 2.23. The van der Waals surface area contributed by atoms with Crippen LogP contribution in [0.5, 0.6) is 0 Å². The molecule has 1 N–H and O–H groups in total. The fourth-order valence-corrected chi connectivity index (χ4v) is 3.27. The lowest BCUT2D eigenvalue weighted by atomic mass is 10.2. The predicted octanol–water partition coefficient (Wildman–Crippen LogP) is 4.22. The predicted molar refractivity (Wildman–Crippen MR) is 100 cm³/mol. The fourth-order valence-electron chi connectivity index (χ4n) is 2.74. The Kier molecular flexibility index (Phi) is 5.32. The molecule has 128 valence electrons. The van der Waals surface area contributed by atoms with Crippen molar-refractivity contribution in [3.05, 3.63) is 58.1 Å². The highest BCUT2D eigenvalue weighted by Gasteiger charge is 2.21. The molecule has 0 aliphatic carbocycles. The lowest BCUT2D eigenvalue weighted by molar-refractivity contribution is 0.208. The van der Waals surface area contributed by atoms with E-state index >= 15 is 0 Å². The molecule has 1 aliphatic heterocycles. The van der Waals surface area contributed by atoms with Crippen LogP contribution < -0.4 is 10.2 Å². The zero-order valence-electron chi connectivity index (χ0n) is 13.4. The SMILES string of the molecule is N#Cc1ccc(N2CCN(C(=O)Nc3cc(Cl)cc(Cl)c3)CC2)cc1. The summed E-state index contributed by atoms with van der Waals surface area (Å²) in [4.78, 5) is 16.3. The van der Waals surface area contributed by atoms with E-state index in [-0.39, 0.29) is 6.03 Å². The molecule has 25 heavy (non-hydrogen) atoms. The minimum Gasteiger partial charge on any atom is -0.368 e. The van der Waals surface area contributed by atoms with Gasteiger partial charge in [-0.3, -0.25) is 0 Å². The van der Waals surface area contributed by atoms with Crippen LogP contribution in [0.1, 0.15) is 5.56 Å². The molecule has 0 atom stereocenters. The van der Waals surface area contributed by atoms with Gasteiger partial charge in [0.05, 0.1) is 11.6 Å². The molecule has 1 heterocycles. The van der Waals surface area contributed by atoms with Crippen molar-refractivity contribution < 1.29 is 4.79 Å². The van der Waals surface area contributed by atoms with Crippen molar-refractivity contribution in [2.45, 2.75) is 0 Å². The lowest BCUT2D eigenvalue weighted by Crippen LogP contribution is -2.50. The van der Waals surface area contributed by atoms with Crippen LogP contribution in [0, 0.1) is 11.3 Å². The number of halogens is 2. The highest BCUT2D eigenvalue weighted by molar-refractivity contribution is 6.35. The third-order valence-corrected chi connectivity index (χ3v) is 4.48. The number of hydrogen-bond acceptors (Lipinski definition) is 3. The minimum atomic E-state index is -0.169. The first-order valence-corrected chi connectivity index (χ1v) is 8.58. The molecule has 2 aromatic rings. The number of amides is 2. The maximum atomic E-state index is 12.4. The first-order valence-electron chi connectivity index (χ1n) is 7.82. The molecule has 0 spiro atoms. The number of nitriles is 1. The van der Waals surface area contributed by atoms with Crippen molar-refractivity contribution in [1.29, 1.82) is 5.26 Å². The van der Waals surface area contributed by atoms with E-state index in [0.29, 0.717) is 34.4 Å². The second-order valence-corrected chi connectivity index (χ2v) is 6.59. The summed E-state index contributed by atoms with van der Waals surface area (Å²) in [6, 6.07) is 14.4. The van der Waals surface area contributed by atoms with E-state index in [1.807, 2.05) is 12.1 Å². The van der Waals surface area contributed by atoms with Crippen LogP contribution in [0.25, 0.3) is 0 Å². The van der Waals surface area contributed by atoms with Crippen LogP contribution in [0.4, 0.5) is 16.2 Å². The number of rotatable bonds is 2. The third-order valence-electron chi connectivity index (χ3n) is 4.04. The topological polar surface area (TPSA) is 59.4 Å². The number of urea groups is 1. The van der Waals surface area contributed by atoms with E-state index in [2.05, 4.69) is 16.3 Å². The Bertz CT molecular complexity index is 789. The van der Waals surface area contributed by atoms with E-state index in [1.165, 1.54) is 0 Å². The maximum absolute atomic E-state index is 12.4. The summed E-state index contributed by atoms with van der Waals surface area (Å²) in [7, 11) is 0. The Balaban J connectivity index is 1.57. The zero-order valence-corrected chi connectivity index (χ0v) is 14.9. The normalized spacial score (nSPS) is 14.1. The Morgan fingerprint density at radius 1 is 1.00 bits per heavy atom. The van der Waals surface area contributed by atoms with Gasteiger partial charge in [-0.15, -0.1) is 0 Å². The van der Waals surface area contributed by atoms with Crippen molar-refractivity contribution in [2.24, 2.45) is 0 Å². The zero-order chi connectivity index (χ0) is 17.8. The molecule has 1 saturated heterocycles. The first kappa shape index (κ1) is 17.4. The largest absolute Gasteiger partial charge is 0.368 e. The van der Waals surface area contributed by atoms with E-state index in [0.717, 1.165) is 18.8 Å². The standard InChI is InChI=1S/C18H16Cl2N4O/c19-14-9-15(20)11-16(10-14)22-18(25)24-7-5-23(6-8-24)17-3-1-13(12-21)2-4-17/h1-4,9-11H,5-8H2,(H,22,25). The average molecular weight is 375 g/mol. The quantitative estimate of drug-likeness (QED) is 0.855. The lowest BCUT2D eigenvalue weighted by Gasteiger charge is -2.36. The molecule has 0 unspecified atom stereocenters. The Morgan fingerprint density at radius 2 is 1.60 bits per heavy atom. The molecule has 2 amide bonds. The van der Waals surface area contributed by atoms with Crippen molar-refractivity contribution in [3.8, 4) is 6.07 Å². The van der Waals surface area contributed by atoms with E-state index in [1.54, 1.807) is 35.2 Å². The Morgan fingerprint density at radius 3 is 2.16 bits per heavy atom. The average Bonchev–Trinajstić information content (AvgIpc) is 2.61. The second-order valence-electron chi connectivity index (χ2n) is 5.72. The Hall–Kier alpha value is -2.42. The van der Waals surface area contributed by atoms with E-state index < -0.39 is 0 Å². The molecular formula is C18H16Cl2N4O. The first-order chi connectivity index (χ1) is 12.0. The smallest absolute Gasteiger partial charge is 0.321 e. The maximum Gasteiger partial charge on any atom is 0.321 e. The van der Waals surface area contributed by atoms with Gasteiger partial charge in [0, 0.05) is 47.6 Å². The van der Waals surface area contributed by atoms with E-state index in [9.17, 15) is 4.79 Å². The molecule has 7 heteroatoms. The van der Waals surface area contributed by atoms with E-state index in [4.69, 9.17) is 28.5 Å². The van der Waals surface area contributed by atoms with Gasteiger partial charge in [-0.25, -0.2) is 4.79 Å². The molecule has 0 radical (unpaired) electrons. The number of nitrogens with zero attached hydrogens (tertiary/aromatic N) is 3. The molecule has 0 saturated carbocycles. The molecule has 0 bridgehead atoms. The van der Waals surface area contributed by atoms with Crippen LogP contribution >= 0.6 is 23.2 Å². The second kappa shape index (κ2) is 7.64. The van der Waals surface area contributed by atoms with Crippen LogP contribution in [0.3, 0.4) is 0 Å². The van der Waals surface area contributed by atoms with Gasteiger partial charge >= 0.3 is 6.03 Å². The number of piperazine rings is 1. The fraction of sp³-hybridized carbons (Fsp3) is 0.222. The molecule has 1 fully saturated rings. The summed E-state index contributed by atoms with van der Waals surface area (Å²) in [6.45, 7) is 2.69. The van der Waals surface area contributed by atoms with Crippen molar-refractivity contribution >= 4 is 40.6 Å². The summed E-state index contributed by atoms with van der Waals surface area (Å²) in [5.74, 6) is 0. The number of carbonyl (C=O) groups excluding carboxylic acids is 1. The van der Waals surface area contributed by atoms with Gasteiger partial charge in [0.1, 0.15) is 0 Å². The molecular weight excluding hydrogens is 359 g/mol. The van der Waals surface area contributed by atoms with Crippen molar-refractivity contribution in [3.63, 3.8) is 0 Å². The summed E-state index contributed by atoms with van der Waals surface area (Å²) in [6.07, 6.45) is 0. The Labute approximate surface area is 156 Å². The minimum absolute atomic E-state index is 0.169. The van der Waals surface area contributed by atoms with Gasteiger partial charge < -0.3 is 15.1 Å². The van der Waals surface area contributed by atoms with Crippen LogP contribution in [0.2, 0.25) is 10.0 Å². The van der Waals surface area contributed by atoms with Crippen LogP contribution in [-0.2, 0) is 0 Å². The number of carbonyl (C=O) groups is 1. The van der Waals surface area contributed by atoms with Gasteiger partial charge in [-0.05, 0) is 42.5 Å². The molecule has 2 aromatic carbocycles.